The Balaban J connectivity index is 1.29. The fourth-order valence-electron chi connectivity index (χ4n) is 5.26. The van der Waals surface area contributed by atoms with E-state index in [1.54, 1.807) is 0 Å². The van der Waals surface area contributed by atoms with Crippen LogP contribution in [0.2, 0.25) is 0 Å². The molecule has 1 aliphatic heterocycles. The summed E-state index contributed by atoms with van der Waals surface area (Å²) >= 11 is 0. The Hall–Kier alpha value is -2.62. The van der Waals surface area contributed by atoms with Gasteiger partial charge in [0.1, 0.15) is 0 Å². The van der Waals surface area contributed by atoms with Crippen molar-refractivity contribution in [3.05, 3.63) is 71.3 Å². The Labute approximate surface area is 178 Å². The monoisotopic (exact) mass is 402 g/mol. The molecule has 4 nitrogen and oxygen atoms in total. The fraction of sp³-hybridized carbons (Fsp3) is 0.462. The van der Waals surface area contributed by atoms with Crippen molar-refractivity contribution in [1.29, 1.82) is 0 Å². The largest absolute Gasteiger partial charge is 0.342 e. The zero-order valence-corrected chi connectivity index (χ0v) is 17.5. The van der Waals surface area contributed by atoms with Crippen LogP contribution in [0.3, 0.4) is 0 Å². The molecule has 1 heterocycles. The van der Waals surface area contributed by atoms with Gasteiger partial charge >= 0.3 is 0 Å². The summed E-state index contributed by atoms with van der Waals surface area (Å²) in [6, 6.07) is 19.1. The van der Waals surface area contributed by atoms with Crippen molar-refractivity contribution in [3.63, 3.8) is 0 Å². The first-order chi connectivity index (χ1) is 14.7. The van der Waals surface area contributed by atoms with Crippen molar-refractivity contribution in [2.45, 2.75) is 57.0 Å². The first-order valence-electron chi connectivity index (χ1n) is 11.4. The van der Waals surface area contributed by atoms with Crippen LogP contribution >= 0.6 is 0 Å². The maximum atomic E-state index is 13.7. The highest BCUT2D eigenvalue weighted by Gasteiger charge is 2.43. The van der Waals surface area contributed by atoms with E-state index in [9.17, 15) is 9.59 Å². The van der Waals surface area contributed by atoms with Gasteiger partial charge in [0.05, 0.1) is 18.4 Å². The third-order valence-electron chi connectivity index (χ3n) is 6.95. The van der Waals surface area contributed by atoms with Gasteiger partial charge < -0.3 is 9.80 Å². The Morgan fingerprint density at radius 2 is 1.70 bits per heavy atom. The number of benzene rings is 2. The molecule has 156 valence electrons. The van der Waals surface area contributed by atoms with Gasteiger partial charge in [0.2, 0.25) is 11.8 Å². The second kappa shape index (κ2) is 8.25. The second-order valence-corrected chi connectivity index (χ2v) is 9.07. The normalized spacial score (nSPS) is 23.1. The van der Waals surface area contributed by atoms with E-state index in [1.807, 2.05) is 35.2 Å². The van der Waals surface area contributed by atoms with Gasteiger partial charge in [0.25, 0.3) is 0 Å². The van der Waals surface area contributed by atoms with Crippen molar-refractivity contribution in [1.82, 2.24) is 9.80 Å². The number of carbonyl (C=O) groups excluding carboxylic acids is 2. The van der Waals surface area contributed by atoms with Gasteiger partial charge in [-0.25, -0.2) is 0 Å². The molecule has 5 rings (SSSR count). The first-order valence-corrected chi connectivity index (χ1v) is 11.4. The summed E-state index contributed by atoms with van der Waals surface area (Å²) in [5, 5.41) is 0. The molecule has 3 aliphatic rings. The molecular weight excluding hydrogens is 372 g/mol. The molecule has 2 fully saturated rings. The molecule has 2 amide bonds. The number of nitrogens with zero attached hydrogens (tertiary/aromatic N) is 2. The quantitative estimate of drug-likeness (QED) is 0.754. The van der Waals surface area contributed by atoms with E-state index in [-0.39, 0.29) is 23.8 Å². The van der Waals surface area contributed by atoms with Crippen molar-refractivity contribution in [3.8, 4) is 0 Å². The summed E-state index contributed by atoms with van der Waals surface area (Å²) < 4.78 is 0. The minimum atomic E-state index is -0.0631. The van der Waals surface area contributed by atoms with Crippen LogP contribution in [0, 0.1) is 5.92 Å². The highest BCUT2D eigenvalue weighted by atomic mass is 16.2. The number of fused-ring (bicyclic) bond motifs is 1. The number of amides is 2. The van der Waals surface area contributed by atoms with E-state index in [0.717, 1.165) is 50.6 Å². The van der Waals surface area contributed by atoms with Crippen molar-refractivity contribution in [2.24, 2.45) is 5.92 Å². The topological polar surface area (TPSA) is 40.6 Å². The predicted molar refractivity (Wildman–Crippen MR) is 117 cm³/mol. The number of hydrogen-bond acceptors (Lipinski definition) is 2. The zero-order chi connectivity index (χ0) is 20.5. The van der Waals surface area contributed by atoms with E-state index in [2.05, 4.69) is 29.2 Å². The molecule has 1 saturated carbocycles. The molecule has 0 aromatic heterocycles. The summed E-state index contributed by atoms with van der Waals surface area (Å²) in [5.41, 5.74) is 3.77. The Kier molecular flexibility index (Phi) is 5.32. The second-order valence-electron chi connectivity index (χ2n) is 9.07. The number of carbonyl (C=O) groups is 2. The van der Waals surface area contributed by atoms with Gasteiger partial charge in [-0.2, -0.15) is 0 Å². The van der Waals surface area contributed by atoms with Crippen LogP contribution in [0.4, 0.5) is 0 Å². The van der Waals surface area contributed by atoms with Crippen molar-refractivity contribution in [2.75, 3.05) is 13.1 Å². The maximum absolute atomic E-state index is 13.7. The average Bonchev–Trinajstić information content (AvgIpc) is 3.54. The van der Waals surface area contributed by atoms with E-state index >= 15 is 0 Å². The lowest BCUT2D eigenvalue weighted by atomic mass is 9.94. The van der Waals surface area contributed by atoms with Gasteiger partial charge in [-0.05, 0) is 55.2 Å². The SMILES string of the molecule is O=C(Cc1ccccc1)N1CCCC(C(=O)N(C2CC2)C2CCc3ccccc32)C1. The third kappa shape index (κ3) is 3.88. The summed E-state index contributed by atoms with van der Waals surface area (Å²) in [5.74, 6) is 0.353. The van der Waals surface area contributed by atoms with Crippen LogP contribution < -0.4 is 0 Å². The van der Waals surface area contributed by atoms with Crippen molar-refractivity contribution >= 4 is 11.8 Å². The first kappa shape index (κ1) is 19.3. The Bertz CT molecular complexity index is 922. The minimum absolute atomic E-state index is 0.0631. The summed E-state index contributed by atoms with van der Waals surface area (Å²) in [6.07, 6.45) is 6.56. The van der Waals surface area contributed by atoms with Crippen LogP contribution in [0.5, 0.6) is 0 Å². The van der Waals surface area contributed by atoms with Crippen LogP contribution in [0.25, 0.3) is 0 Å². The molecule has 2 unspecified atom stereocenters. The molecule has 30 heavy (non-hydrogen) atoms. The standard InChI is InChI=1S/C26H30N2O2/c29-25(17-19-7-2-1-3-8-19)27-16-6-10-21(18-27)26(30)28(22-13-14-22)24-15-12-20-9-4-5-11-23(20)24/h1-5,7-9,11,21-22,24H,6,10,12-18H2. The maximum Gasteiger partial charge on any atom is 0.228 e. The van der Waals surface area contributed by atoms with Gasteiger partial charge in [-0.1, -0.05) is 54.6 Å². The highest BCUT2D eigenvalue weighted by molar-refractivity contribution is 5.83. The Morgan fingerprint density at radius 3 is 2.50 bits per heavy atom. The Morgan fingerprint density at radius 1 is 0.933 bits per heavy atom. The van der Waals surface area contributed by atoms with E-state index in [4.69, 9.17) is 0 Å². The molecule has 0 bridgehead atoms. The van der Waals surface area contributed by atoms with Crippen molar-refractivity contribution < 1.29 is 9.59 Å². The predicted octanol–water partition coefficient (Wildman–Crippen LogP) is 4.15. The lowest BCUT2D eigenvalue weighted by Gasteiger charge is -2.38. The number of aryl methyl sites for hydroxylation is 1. The smallest absolute Gasteiger partial charge is 0.228 e. The molecular formula is C26H30N2O2. The van der Waals surface area contributed by atoms with Crippen LogP contribution in [-0.2, 0) is 22.4 Å². The van der Waals surface area contributed by atoms with E-state index in [1.165, 1.54) is 11.1 Å². The minimum Gasteiger partial charge on any atom is -0.342 e. The van der Waals surface area contributed by atoms with E-state index in [0.29, 0.717) is 19.0 Å². The summed E-state index contributed by atoms with van der Waals surface area (Å²) in [6.45, 7) is 1.34. The van der Waals surface area contributed by atoms with E-state index < -0.39 is 0 Å². The van der Waals surface area contributed by atoms with Crippen LogP contribution in [-0.4, -0.2) is 40.7 Å². The van der Waals surface area contributed by atoms with Crippen LogP contribution in [0.1, 0.15) is 54.8 Å². The van der Waals surface area contributed by atoms with Gasteiger partial charge in [-0.3, -0.25) is 9.59 Å². The summed E-state index contributed by atoms with van der Waals surface area (Å²) in [4.78, 5) is 30.7. The highest BCUT2D eigenvalue weighted by Crippen LogP contribution is 2.43. The van der Waals surface area contributed by atoms with Gasteiger partial charge in [-0.15, -0.1) is 0 Å². The molecule has 2 aromatic rings. The zero-order valence-electron chi connectivity index (χ0n) is 17.5. The average molecular weight is 403 g/mol. The lowest BCUT2D eigenvalue weighted by Crippen LogP contribution is -2.48. The number of rotatable bonds is 5. The number of likely N-dealkylation sites (tertiary alicyclic amines) is 1. The molecule has 0 N–H and O–H groups in total. The number of piperidine rings is 1. The van der Waals surface area contributed by atoms with Gasteiger partial charge in [0, 0.05) is 19.1 Å². The summed E-state index contributed by atoms with van der Waals surface area (Å²) in [7, 11) is 0. The lowest BCUT2D eigenvalue weighted by molar-refractivity contribution is -0.143. The molecule has 2 aromatic carbocycles. The fourth-order valence-corrected chi connectivity index (χ4v) is 5.26. The van der Waals surface area contributed by atoms with Crippen LogP contribution in [0.15, 0.2) is 54.6 Å². The molecule has 0 radical (unpaired) electrons. The van der Waals surface area contributed by atoms with Gasteiger partial charge in [0.15, 0.2) is 0 Å². The number of hydrogen-bond donors (Lipinski definition) is 0. The molecule has 4 heteroatoms. The third-order valence-corrected chi connectivity index (χ3v) is 6.95. The molecule has 0 spiro atoms. The molecule has 2 aliphatic carbocycles. The molecule has 2 atom stereocenters. The molecule has 1 saturated heterocycles.